The molecular weight excluding hydrogens is 911 g/mol. The predicted octanol–water partition coefficient (Wildman–Crippen LogP) is 21.1. The molecule has 0 fully saturated rings. The van der Waals surface area contributed by atoms with Crippen molar-refractivity contribution >= 4 is 11.9 Å². The molecule has 2 unspecified atom stereocenters. The van der Waals surface area contributed by atoms with Gasteiger partial charge in [0, 0.05) is 12.8 Å². The first kappa shape index (κ1) is 72.1. The van der Waals surface area contributed by atoms with Gasteiger partial charge in [0.2, 0.25) is 5.91 Å². The maximum atomic E-state index is 12.4. The quantitative estimate of drug-likeness (QED) is 0.0320. The normalized spacial score (nSPS) is 12.8. The number of rotatable bonds is 62. The standard InChI is InChI=1S/C68H129NO5/c1-3-5-7-9-11-13-14-15-16-32-36-39-42-46-50-54-58-62-68(73)74-63-59-55-51-47-43-40-37-34-31-29-27-25-23-21-19-17-18-20-22-24-26-28-30-33-35-38-41-45-49-53-57-61-67(72)69-65(64-70)66(71)60-56-52-48-44-12-10-8-6-4-2/h11,13,15-16,19,21,65-66,70-71H,3-10,12,14,17-18,20,22-64H2,1-2H3,(H,69,72)/b13-11-,16-15-,21-19-. The van der Waals surface area contributed by atoms with E-state index in [1.165, 1.54) is 276 Å². The van der Waals surface area contributed by atoms with E-state index in [2.05, 4.69) is 55.6 Å². The second kappa shape index (κ2) is 63.6. The third-order valence-corrected chi connectivity index (χ3v) is 15.4. The van der Waals surface area contributed by atoms with E-state index in [0.29, 0.717) is 25.9 Å². The van der Waals surface area contributed by atoms with Gasteiger partial charge in [0.25, 0.3) is 0 Å². The van der Waals surface area contributed by atoms with Crippen molar-refractivity contribution in [2.45, 2.75) is 373 Å². The van der Waals surface area contributed by atoms with E-state index in [1.807, 2.05) is 0 Å². The molecule has 3 N–H and O–H groups in total. The molecule has 1 amide bonds. The summed E-state index contributed by atoms with van der Waals surface area (Å²) in [6, 6.07) is -0.538. The molecule has 0 aliphatic carbocycles. The largest absolute Gasteiger partial charge is 0.466 e. The first-order valence-corrected chi connectivity index (χ1v) is 33.2. The summed E-state index contributed by atoms with van der Waals surface area (Å²) in [5.41, 5.74) is 0. The van der Waals surface area contributed by atoms with Gasteiger partial charge in [0.05, 0.1) is 25.4 Å². The lowest BCUT2D eigenvalue weighted by molar-refractivity contribution is -0.143. The molecule has 6 heteroatoms. The maximum Gasteiger partial charge on any atom is 0.305 e. The van der Waals surface area contributed by atoms with Gasteiger partial charge in [-0.15, -0.1) is 0 Å². The lowest BCUT2D eigenvalue weighted by Crippen LogP contribution is -2.45. The minimum atomic E-state index is -0.660. The number of carbonyl (C=O) groups excluding carboxylic acids is 2. The van der Waals surface area contributed by atoms with Crippen LogP contribution in [0.3, 0.4) is 0 Å². The number of aliphatic hydroxyl groups excluding tert-OH is 2. The van der Waals surface area contributed by atoms with Crippen LogP contribution in [0.25, 0.3) is 0 Å². The van der Waals surface area contributed by atoms with Crippen molar-refractivity contribution in [2.75, 3.05) is 13.2 Å². The van der Waals surface area contributed by atoms with Crippen LogP contribution in [0.2, 0.25) is 0 Å². The van der Waals surface area contributed by atoms with Crippen LogP contribution >= 0.6 is 0 Å². The van der Waals surface area contributed by atoms with E-state index >= 15 is 0 Å². The van der Waals surface area contributed by atoms with E-state index in [0.717, 1.165) is 51.4 Å². The highest BCUT2D eigenvalue weighted by atomic mass is 16.5. The van der Waals surface area contributed by atoms with Crippen molar-refractivity contribution in [1.29, 1.82) is 0 Å². The van der Waals surface area contributed by atoms with Crippen LogP contribution in [0.1, 0.15) is 361 Å². The van der Waals surface area contributed by atoms with Crippen molar-refractivity contribution in [3.63, 3.8) is 0 Å². The van der Waals surface area contributed by atoms with Crippen molar-refractivity contribution in [3.05, 3.63) is 36.5 Å². The Morgan fingerprint density at radius 1 is 0.378 bits per heavy atom. The fourth-order valence-electron chi connectivity index (χ4n) is 10.3. The number of hydrogen-bond donors (Lipinski definition) is 3. The highest BCUT2D eigenvalue weighted by Gasteiger charge is 2.20. The van der Waals surface area contributed by atoms with Gasteiger partial charge < -0.3 is 20.3 Å². The Balaban J connectivity index is 3.33. The summed E-state index contributed by atoms with van der Waals surface area (Å²) in [7, 11) is 0. The number of amides is 1. The molecule has 436 valence electrons. The Kier molecular flexibility index (Phi) is 62.0. The molecule has 0 bridgehead atoms. The first-order valence-electron chi connectivity index (χ1n) is 33.2. The van der Waals surface area contributed by atoms with Crippen LogP contribution in [0, 0.1) is 0 Å². The number of aliphatic hydroxyl groups is 2. The number of unbranched alkanes of at least 4 members (excludes halogenated alkanes) is 45. The molecule has 0 rings (SSSR count). The minimum absolute atomic E-state index is 0.00994. The molecule has 0 aromatic carbocycles. The van der Waals surface area contributed by atoms with E-state index in [4.69, 9.17) is 4.74 Å². The molecule has 0 saturated heterocycles. The van der Waals surface area contributed by atoms with Crippen LogP contribution in [-0.4, -0.2) is 47.4 Å². The summed E-state index contributed by atoms with van der Waals surface area (Å²) in [6.07, 6.45) is 80.5. The lowest BCUT2D eigenvalue weighted by Gasteiger charge is -2.22. The number of allylic oxidation sites excluding steroid dienone is 6. The van der Waals surface area contributed by atoms with Crippen LogP contribution in [0.5, 0.6) is 0 Å². The van der Waals surface area contributed by atoms with E-state index in [9.17, 15) is 19.8 Å². The van der Waals surface area contributed by atoms with Crippen molar-refractivity contribution in [2.24, 2.45) is 0 Å². The zero-order chi connectivity index (χ0) is 53.6. The SMILES string of the molecule is CCCCC/C=C\C/C=C\CCCCCCCCCC(=O)OCCCCCCCCCCCCCC/C=C\CCCCCCCCCCCCCCCCCC(=O)NC(CO)C(O)CCCCCCCCCCC. The Hall–Kier alpha value is -1.92. The highest BCUT2D eigenvalue weighted by Crippen LogP contribution is 2.18. The summed E-state index contributed by atoms with van der Waals surface area (Å²) in [5.74, 6) is -0.0244. The molecule has 74 heavy (non-hydrogen) atoms. The van der Waals surface area contributed by atoms with Crippen molar-refractivity contribution in [3.8, 4) is 0 Å². The van der Waals surface area contributed by atoms with Crippen molar-refractivity contribution < 1.29 is 24.5 Å². The number of carbonyl (C=O) groups is 2. The zero-order valence-electron chi connectivity index (χ0n) is 49.8. The number of nitrogens with one attached hydrogen (secondary N) is 1. The summed E-state index contributed by atoms with van der Waals surface area (Å²) < 4.78 is 5.49. The van der Waals surface area contributed by atoms with Gasteiger partial charge in [-0.2, -0.15) is 0 Å². The molecule has 0 aliphatic heterocycles. The van der Waals surface area contributed by atoms with Crippen LogP contribution in [0.15, 0.2) is 36.5 Å². The van der Waals surface area contributed by atoms with Gasteiger partial charge in [-0.3, -0.25) is 9.59 Å². The molecular formula is C68H129NO5. The molecule has 0 spiro atoms. The molecule has 0 aliphatic rings. The van der Waals surface area contributed by atoms with Gasteiger partial charge in [0.1, 0.15) is 0 Å². The molecule has 0 aromatic heterocycles. The number of esters is 1. The monoisotopic (exact) mass is 1040 g/mol. The second-order valence-electron chi connectivity index (χ2n) is 22.8. The number of hydrogen-bond acceptors (Lipinski definition) is 5. The molecule has 6 nitrogen and oxygen atoms in total. The third-order valence-electron chi connectivity index (χ3n) is 15.4. The predicted molar refractivity (Wildman–Crippen MR) is 324 cm³/mol. The fourth-order valence-corrected chi connectivity index (χ4v) is 10.3. The third kappa shape index (κ3) is 59.3. The fraction of sp³-hybridized carbons (Fsp3) is 0.882. The van der Waals surface area contributed by atoms with E-state index < -0.39 is 12.1 Å². The van der Waals surface area contributed by atoms with E-state index in [1.54, 1.807) is 0 Å². The summed E-state index contributed by atoms with van der Waals surface area (Å²) in [6.45, 7) is 4.92. The Morgan fingerprint density at radius 3 is 1.07 bits per heavy atom. The van der Waals surface area contributed by atoms with Crippen LogP contribution < -0.4 is 5.32 Å². The molecule has 0 aromatic rings. The Labute approximate surface area is 462 Å². The lowest BCUT2D eigenvalue weighted by atomic mass is 10.0. The van der Waals surface area contributed by atoms with Gasteiger partial charge in [-0.05, 0) is 83.5 Å². The first-order chi connectivity index (χ1) is 36.5. The highest BCUT2D eigenvalue weighted by molar-refractivity contribution is 5.76. The van der Waals surface area contributed by atoms with Crippen molar-refractivity contribution in [1.82, 2.24) is 5.32 Å². The molecule has 0 radical (unpaired) electrons. The second-order valence-corrected chi connectivity index (χ2v) is 22.8. The summed E-state index contributed by atoms with van der Waals surface area (Å²) >= 11 is 0. The summed E-state index contributed by atoms with van der Waals surface area (Å²) in [4.78, 5) is 24.5. The molecule has 0 saturated carbocycles. The zero-order valence-corrected chi connectivity index (χ0v) is 49.8. The van der Waals surface area contributed by atoms with Crippen LogP contribution in [0.4, 0.5) is 0 Å². The summed E-state index contributed by atoms with van der Waals surface area (Å²) in [5, 5.41) is 23.1. The van der Waals surface area contributed by atoms with Gasteiger partial charge in [0.15, 0.2) is 0 Å². The molecule has 0 heterocycles. The topological polar surface area (TPSA) is 95.9 Å². The van der Waals surface area contributed by atoms with E-state index in [-0.39, 0.29) is 18.5 Å². The minimum Gasteiger partial charge on any atom is -0.466 e. The average Bonchev–Trinajstić information content (AvgIpc) is 3.40. The average molecular weight is 1040 g/mol. The number of ether oxygens (including phenoxy) is 1. The van der Waals surface area contributed by atoms with Gasteiger partial charge in [-0.1, -0.05) is 301 Å². The van der Waals surface area contributed by atoms with Crippen LogP contribution in [-0.2, 0) is 14.3 Å². The Morgan fingerprint density at radius 2 is 0.676 bits per heavy atom. The smallest absolute Gasteiger partial charge is 0.305 e. The maximum absolute atomic E-state index is 12.4. The Bertz CT molecular complexity index is 1200. The van der Waals surface area contributed by atoms with Gasteiger partial charge >= 0.3 is 5.97 Å². The van der Waals surface area contributed by atoms with Gasteiger partial charge in [-0.25, -0.2) is 0 Å². The molecule has 2 atom stereocenters.